The van der Waals surface area contributed by atoms with E-state index in [9.17, 15) is 0 Å². The summed E-state index contributed by atoms with van der Waals surface area (Å²) in [5.41, 5.74) is 4.06. The molecule has 4 aromatic rings. The van der Waals surface area contributed by atoms with Gasteiger partial charge in [0.2, 0.25) is 10.9 Å². The Labute approximate surface area is 194 Å². The Hall–Kier alpha value is -3.29. The summed E-state index contributed by atoms with van der Waals surface area (Å²) in [6, 6.07) is 13.2. The Morgan fingerprint density at radius 1 is 1.12 bits per heavy atom. The molecule has 0 bridgehead atoms. The first-order chi connectivity index (χ1) is 15.4. The zero-order chi connectivity index (χ0) is 22.4. The minimum atomic E-state index is -0.320. The Kier molecular flexibility index (Phi) is 5.15. The minimum absolute atomic E-state index is 0.153. The molecule has 160 valence electrons. The molecule has 1 saturated carbocycles. The highest BCUT2D eigenvalue weighted by Gasteiger charge is 2.25. The Bertz CT molecular complexity index is 1410. The molecular formula is C23H19Cl2N7. The quantitative estimate of drug-likeness (QED) is 0.317. The smallest absolute Gasteiger partial charge is 0.230 e. The van der Waals surface area contributed by atoms with Crippen molar-refractivity contribution in [3.05, 3.63) is 71.2 Å². The maximum atomic E-state index is 8.33. The van der Waals surface area contributed by atoms with Gasteiger partial charge in [0, 0.05) is 40.8 Å². The normalized spacial score (nSPS) is 13.3. The third-order valence-electron chi connectivity index (χ3n) is 5.58. The van der Waals surface area contributed by atoms with E-state index in [0.29, 0.717) is 22.3 Å². The molecule has 7 nitrogen and oxygen atoms in total. The lowest BCUT2D eigenvalue weighted by Gasteiger charge is -2.22. The highest BCUT2D eigenvalue weighted by molar-refractivity contribution is 6.64. The van der Waals surface area contributed by atoms with Crippen molar-refractivity contribution in [2.45, 2.75) is 18.8 Å². The number of hydrogen-bond acceptors (Lipinski definition) is 6. The lowest BCUT2D eigenvalue weighted by Crippen LogP contribution is -2.29. The number of aromatic nitrogens is 4. The molecule has 2 aromatic carbocycles. The summed E-state index contributed by atoms with van der Waals surface area (Å²) in [4.78, 5) is 15.5. The first kappa shape index (κ1) is 20.6. The van der Waals surface area contributed by atoms with Crippen molar-refractivity contribution in [2.75, 3.05) is 11.9 Å². The third-order valence-corrected chi connectivity index (χ3v) is 5.98. The van der Waals surface area contributed by atoms with Gasteiger partial charge in [-0.2, -0.15) is 4.98 Å². The van der Waals surface area contributed by atoms with Crippen LogP contribution in [-0.4, -0.2) is 31.9 Å². The van der Waals surface area contributed by atoms with Crippen LogP contribution < -0.4 is 10.5 Å². The van der Waals surface area contributed by atoms with Crippen LogP contribution in [0.2, 0.25) is 5.02 Å². The minimum Gasteiger partial charge on any atom is -0.329 e. The second kappa shape index (κ2) is 8.00. The van der Waals surface area contributed by atoms with Gasteiger partial charge >= 0.3 is 0 Å². The molecule has 0 unspecified atom stereocenters. The summed E-state index contributed by atoms with van der Waals surface area (Å²) in [5, 5.41) is 17.0. The Morgan fingerprint density at radius 2 is 1.94 bits per heavy atom. The van der Waals surface area contributed by atoms with Gasteiger partial charge in [0.15, 0.2) is 0 Å². The van der Waals surface area contributed by atoms with Crippen molar-refractivity contribution < 1.29 is 0 Å². The van der Waals surface area contributed by atoms with Crippen molar-refractivity contribution in [3.8, 4) is 11.3 Å². The number of nitrogens with zero attached hydrogens (tertiary/aromatic N) is 5. The maximum Gasteiger partial charge on any atom is 0.230 e. The van der Waals surface area contributed by atoms with Crippen LogP contribution in [0.25, 0.3) is 22.2 Å². The third kappa shape index (κ3) is 3.74. The van der Waals surface area contributed by atoms with Crippen LogP contribution in [-0.2, 0) is 0 Å². The molecule has 0 spiro atoms. The average Bonchev–Trinajstić information content (AvgIpc) is 3.63. The predicted molar refractivity (Wildman–Crippen MR) is 127 cm³/mol. The number of nitrogens with one attached hydrogen (secondary N) is 2. The fourth-order valence-corrected chi connectivity index (χ4v) is 4.07. The SMILES string of the molecule is CN(c1cccc(-c2cnc(C3CC3)cn2)c1)c1nc(=N)n(C(=N)Cl)c2cc(Cl)ccc12. The molecule has 0 radical (unpaired) electrons. The van der Waals surface area contributed by atoms with Crippen molar-refractivity contribution in [1.29, 1.82) is 10.8 Å². The molecule has 1 aliphatic carbocycles. The van der Waals surface area contributed by atoms with Crippen LogP contribution in [0.3, 0.4) is 0 Å². The number of fused-ring (bicyclic) bond motifs is 1. The van der Waals surface area contributed by atoms with Crippen LogP contribution in [0.5, 0.6) is 0 Å². The fourth-order valence-electron chi connectivity index (χ4n) is 3.73. The highest BCUT2D eigenvalue weighted by Crippen LogP contribution is 2.39. The lowest BCUT2D eigenvalue weighted by molar-refractivity contribution is 0.910. The summed E-state index contributed by atoms with van der Waals surface area (Å²) in [7, 11) is 1.88. The average molecular weight is 464 g/mol. The van der Waals surface area contributed by atoms with Crippen molar-refractivity contribution in [3.63, 3.8) is 0 Å². The van der Waals surface area contributed by atoms with E-state index in [2.05, 4.69) is 15.0 Å². The first-order valence-electron chi connectivity index (χ1n) is 10.1. The molecule has 5 rings (SSSR count). The van der Waals surface area contributed by atoms with Crippen molar-refractivity contribution in [2.24, 2.45) is 0 Å². The molecule has 9 heteroatoms. The van der Waals surface area contributed by atoms with Gasteiger partial charge < -0.3 is 4.90 Å². The molecule has 0 atom stereocenters. The molecule has 1 fully saturated rings. The summed E-state index contributed by atoms with van der Waals surface area (Å²) >= 11 is 12.1. The molecule has 1 aliphatic rings. The van der Waals surface area contributed by atoms with E-state index in [-0.39, 0.29) is 10.9 Å². The van der Waals surface area contributed by atoms with Gasteiger partial charge in [0.05, 0.1) is 23.1 Å². The molecule has 2 N–H and O–H groups in total. The van der Waals surface area contributed by atoms with Crippen LogP contribution >= 0.6 is 23.2 Å². The van der Waals surface area contributed by atoms with E-state index < -0.39 is 0 Å². The van der Waals surface area contributed by atoms with Gasteiger partial charge in [-0.1, -0.05) is 23.7 Å². The van der Waals surface area contributed by atoms with E-state index in [0.717, 1.165) is 28.0 Å². The van der Waals surface area contributed by atoms with Crippen molar-refractivity contribution in [1.82, 2.24) is 19.5 Å². The van der Waals surface area contributed by atoms with E-state index in [1.54, 1.807) is 12.1 Å². The first-order valence-corrected chi connectivity index (χ1v) is 10.9. The lowest BCUT2D eigenvalue weighted by atomic mass is 10.1. The molecule has 0 amide bonds. The predicted octanol–water partition coefficient (Wildman–Crippen LogP) is 5.29. The van der Waals surface area contributed by atoms with Crippen LogP contribution in [0.1, 0.15) is 24.5 Å². The van der Waals surface area contributed by atoms with E-state index >= 15 is 0 Å². The van der Waals surface area contributed by atoms with E-state index in [1.807, 2.05) is 54.7 Å². The largest absolute Gasteiger partial charge is 0.329 e. The van der Waals surface area contributed by atoms with Gasteiger partial charge in [-0.25, -0.2) is 0 Å². The fraction of sp³-hybridized carbons (Fsp3) is 0.174. The molecule has 0 aliphatic heterocycles. The Morgan fingerprint density at radius 3 is 2.62 bits per heavy atom. The topological polar surface area (TPSA) is 94.5 Å². The van der Waals surface area contributed by atoms with Gasteiger partial charge in [0.25, 0.3) is 0 Å². The second-order valence-electron chi connectivity index (χ2n) is 7.76. The van der Waals surface area contributed by atoms with Gasteiger partial charge in [-0.3, -0.25) is 25.4 Å². The summed E-state index contributed by atoms with van der Waals surface area (Å²) in [6.45, 7) is 0. The van der Waals surface area contributed by atoms with Crippen LogP contribution in [0.15, 0.2) is 54.9 Å². The summed E-state index contributed by atoms with van der Waals surface area (Å²) in [6.07, 6.45) is 6.07. The number of hydrogen-bond donors (Lipinski definition) is 2. The van der Waals surface area contributed by atoms with Gasteiger partial charge in [-0.05, 0) is 54.8 Å². The van der Waals surface area contributed by atoms with Crippen LogP contribution in [0.4, 0.5) is 11.5 Å². The monoisotopic (exact) mass is 463 g/mol. The van der Waals surface area contributed by atoms with Crippen molar-refractivity contribution >= 4 is 50.9 Å². The zero-order valence-electron chi connectivity index (χ0n) is 17.2. The zero-order valence-corrected chi connectivity index (χ0v) is 18.7. The molecule has 2 aromatic heterocycles. The molecule has 2 heterocycles. The van der Waals surface area contributed by atoms with Gasteiger partial charge in [0.1, 0.15) is 5.82 Å². The van der Waals surface area contributed by atoms with E-state index in [1.165, 1.54) is 17.4 Å². The standard InChI is InChI=1S/C23H19Cl2N7/c1-31(21-17-8-7-15(24)10-20(17)32(22(25)26)23(27)30-21)16-4-2-3-14(9-16)19-12-28-18(11-29-19)13-5-6-13/h2-4,7-13,26-27H,5-6H2,1H3. The second-order valence-corrected chi connectivity index (χ2v) is 8.55. The maximum absolute atomic E-state index is 8.33. The summed E-state index contributed by atoms with van der Waals surface area (Å²) in [5.74, 6) is 1.12. The molecule has 0 saturated heterocycles. The number of anilines is 2. The number of halogens is 2. The highest BCUT2D eigenvalue weighted by atomic mass is 35.5. The Balaban J connectivity index is 1.58. The molecular weight excluding hydrogens is 445 g/mol. The van der Waals surface area contributed by atoms with Crippen LogP contribution in [0, 0.1) is 10.8 Å². The summed E-state index contributed by atoms with van der Waals surface area (Å²) < 4.78 is 1.24. The molecule has 32 heavy (non-hydrogen) atoms. The van der Waals surface area contributed by atoms with E-state index in [4.69, 9.17) is 34.0 Å². The van der Waals surface area contributed by atoms with Gasteiger partial charge in [-0.15, -0.1) is 0 Å². The number of benzene rings is 2. The number of rotatable bonds is 4.